The fourth-order valence-electron chi connectivity index (χ4n) is 2.88. The Kier molecular flexibility index (Phi) is 3.74. The fraction of sp³-hybridized carbons (Fsp3) is 0.438. The molecule has 1 saturated heterocycles. The number of hydrogen-bond acceptors (Lipinski definition) is 2. The van der Waals surface area contributed by atoms with E-state index in [2.05, 4.69) is 9.88 Å². The van der Waals surface area contributed by atoms with E-state index < -0.39 is 0 Å². The first kappa shape index (κ1) is 13.2. The maximum Gasteiger partial charge on any atom is 0.254 e. The van der Waals surface area contributed by atoms with Crippen molar-refractivity contribution in [3.63, 3.8) is 0 Å². The summed E-state index contributed by atoms with van der Waals surface area (Å²) in [5.41, 5.74) is 1.80. The second-order valence-corrected chi connectivity index (χ2v) is 5.52. The van der Waals surface area contributed by atoms with Gasteiger partial charge in [-0.3, -0.25) is 4.79 Å². The maximum atomic E-state index is 12.6. The van der Waals surface area contributed by atoms with E-state index in [4.69, 9.17) is 0 Å². The molecule has 106 valence electrons. The molecule has 0 unspecified atom stereocenters. The summed E-state index contributed by atoms with van der Waals surface area (Å²) in [6.07, 6.45) is 4.46. The number of nitrogens with zero attached hydrogens (tertiary/aromatic N) is 2. The van der Waals surface area contributed by atoms with Crippen LogP contribution < -0.4 is 0 Å². The van der Waals surface area contributed by atoms with E-state index >= 15 is 0 Å². The van der Waals surface area contributed by atoms with Gasteiger partial charge in [0.1, 0.15) is 0 Å². The van der Waals surface area contributed by atoms with Crippen LogP contribution in [0.25, 0.3) is 10.9 Å². The van der Waals surface area contributed by atoms with Crippen molar-refractivity contribution >= 4 is 16.8 Å². The quantitative estimate of drug-likeness (QED) is 0.927. The van der Waals surface area contributed by atoms with Crippen molar-refractivity contribution in [2.24, 2.45) is 0 Å². The first-order valence-corrected chi connectivity index (χ1v) is 7.29. The fourth-order valence-corrected chi connectivity index (χ4v) is 2.88. The van der Waals surface area contributed by atoms with Crippen LogP contribution >= 0.6 is 0 Å². The van der Waals surface area contributed by atoms with Crippen LogP contribution in [-0.4, -0.2) is 53.9 Å². The van der Waals surface area contributed by atoms with Crippen LogP contribution in [0.15, 0.2) is 30.5 Å². The van der Waals surface area contributed by atoms with Crippen molar-refractivity contribution in [2.75, 3.05) is 33.2 Å². The number of aromatic amines is 1. The van der Waals surface area contributed by atoms with E-state index in [1.807, 2.05) is 42.4 Å². The van der Waals surface area contributed by atoms with Crippen LogP contribution in [0.2, 0.25) is 0 Å². The molecule has 1 aromatic carbocycles. The Bertz CT molecular complexity index is 599. The molecule has 2 heterocycles. The van der Waals surface area contributed by atoms with Gasteiger partial charge in [-0.15, -0.1) is 0 Å². The van der Waals surface area contributed by atoms with Gasteiger partial charge in [0.05, 0.1) is 0 Å². The molecule has 0 radical (unpaired) electrons. The Balaban J connectivity index is 1.69. The molecule has 0 bridgehead atoms. The zero-order chi connectivity index (χ0) is 13.9. The molecule has 0 atom stereocenters. The Morgan fingerprint density at radius 2 is 2.10 bits per heavy atom. The van der Waals surface area contributed by atoms with Gasteiger partial charge in [-0.2, -0.15) is 0 Å². The van der Waals surface area contributed by atoms with Crippen molar-refractivity contribution in [1.82, 2.24) is 14.8 Å². The molecule has 1 aromatic heterocycles. The average Bonchev–Trinajstić information content (AvgIpc) is 3.14. The summed E-state index contributed by atoms with van der Waals surface area (Å²) in [6, 6.07) is 7.80. The molecule has 1 fully saturated rings. The molecule has 4 nitrogen and oxygen atoms in total. The number of benzene rings is 1. The zero-order valence-electron chi connectivity index (χ0n) is 11.9. The summed E-state index contributed by atoms with van der Waals surface area (Å²) in [5, 5.41) is 1.01. The lowest BCUT2D eigenvalue weighted by Gasteiger charge is -2.21. The highest BCUT2D eigenvalue weighted by Gasteiger charge is 2.17. The minimum Gasteiger partial charge on any atom is -0.361 e. The Labute approximate surface area is 119 Å². The van der Waals surface area contributed by atoms with E-state index in [0.717, 1.165) is 29.6 Å². The highest BCUT2D eigenvalue weighted by Crippen LogP contribution is 2.18. The molecule has 3 rings (SSSR count). The van der Waals surface area contributed by atoms with Crippen LogP contribution in [0.5, 0.6) is 0 Å². The van der Waals surface area contributed by atoms with Gasteiger partial charge in [0.25, 0.3) is 5.91 Å². The Morgan fingerprint density at radius 1 is 1.30 bits per heavy atom. The molecule has 1 N–H and O–H groups in total. The molecular weight excluding hydrogens is 250 g/mol. The molecule has 1 aliphatic rings. The van der Waals surface area contributed by atoms with E-state index in [1.165, 1.54) is 25.9 Å². The largest absolute Gasteiger partial charge is 0.361 e. The van der Waals surface area contributed by atoms with Crippen molar-refractivity contribution < 1.29 is 4.79 Å². The van der Waals surface area contributed by atoms with E-state index in [1.54, 1.807) is 0 Å². The summed E-state index contributed by atoms with van der Waals surface area (Å²) in [5.74, 6) is 0.106. The number of likely N-dealkylation sites (tertiary alicyclic amines) is 1. The number of rotatable bonds is 4. The predicted molar refractivity (Wildman–Crippen MR) is 80.9 cm³/mol. The number of hydrogen-bond donors (Lipinski definition) is 1. The minimum atomic E-state index is 0.106. The highest BCUT2D eigenvalue weighted by atomic mass is 16.2. The molecular formula is C16H21N3O. The molecule has 20 heavy (non-hydrogen) atoms. The van der Waals surface area contributed by atoms with Crippen LogP contribution in [0.1, 0.15) is 23.2 Å². The second kappa shape index (κ2) is 5.67. The monoisotopic (exact) mass is 271 g/mol. The van der Waals surface area contributed by atoms with Crippen LogP contribution in [0, 0.1) is 0 Å². The van der Waals surface area contributed by atoms with Crippen molar-refractivity contribution in [3.05, 3.63) is 36.0 Å². The summed E-state index contributed by atoms with van der Waals surface area (Å²) in [7, 11) is 1.89. The number of aromatic nitrogens is 1. The van der Waals surface area contributed by atoms with Gasteiger partial charge in [-0.05, 0) is 44.1 Å². The first-order chi connectivity index (χ1) is 9.75. The number of carbonyl (C=O) groups excluding carboxylic acids is 1. The van der Waals surface area contributed by atoms with Gasteiger partial charge >= 0.3 is 0 Å². The SMILES string of the molecule is CN(CCN1CCCC1)C(=O)c1cccc2[nH]ccc12. The predicted octanol–water partition coefficient (Wildman–Crippen LogP) is 2.34. The van der Waals surface area contributed by atoms with E-state index in [-0.39, 0.29) is 5.91 Å². The number of H-pyrrole nitrogens is 1. The standard InChI is InChI=1S/C16H21N3O/c1-18(11-12-19-9-2-3-10-19)16(20)14-5-4-6-15-13(14)7-8-17-15/h4-8,17H,2-3,9-12H2,1H3. The van der Waals surface area contributed by atoms with E-state index in [0.29, 0.717) is 0 Å². The number of likely N-dealkylation sites (N-methyl/N-ethyl adjacent to an activating group) is 1. The average molecular weight is 271 g/mol. The lowest BCUT2D eigenvalue weighted by atomic mass is 10.1. The summed E-state index contributed by atoms with van der Waals surface area (Å²) < 4.78 is 0. The van der Waals surface area contributed by atoms with Crippen LogP contribution in [0.4, 0.5) is 0 Å². The summed E-state index contributed by atoms with van der Waals surface area (Å²) in [6.45, 7) is 4.12. The third kappa shape index (κ3) is 2.56. The van der Waals surface area contributed by atoms with Crippen molar-refractivity contribution in [3.8, 4) is 0 Å². The lowest BCUT2D eigenvalue weighted by molar-refractivity contribution is 0.0784. The van der Waals surface area contributed by atoms with Gasteiger partial charge in [-0.1, -0.05) is 6.07 Å². The van der Waals surface area contributed by atoms with Crippen molar-refractivity contribution in [2.45, 2.75) is 12.8 Å². The maximum absolute atomic E-state index is 12.6. The second-order valence-electron chi connectivity index (χ2n) is 5.52. The number of fused-ring (bicyclic) bond motifs is 1. The molecule has 1 aliphatic heterocycles. The molecule has 2 aromatic rings. The zero-order valence-corrected chi connectivity index (χ0v) is 11.9. The molecule has 4 heteroatoms. The number of amides is 1. The normalized spacial score (nSPS) is 15.8. The lowest BCUT2D eigenvalue weighted by Crippen LogP contribution is -2.35. The number of nitrogens with one attached hydrogen (secondary N) is 1. The topological polar surface area (TPSA) is 39.3 Å². The first-order valence-electron chi connectivity index (χ1n) is 7.29. The van der Waals surface area contributed by atoms with Gasteiger partial charge in [0.15, 0.2) is 0 Å². The van der Waals surface area contributed by atoms with Gasteiger partial charge in [-0.25, -0.2) is 0 Å². The smallest absolute Gasteiger partial charge is 0.254 e. The molecule has 0 spiro atoms. The van der Waals surface area contributed by atoms with E-state index in [9.17, 15) is 4.79 Å². The highest BCUT2D eigenvalue weighted by molar-refractivity contribution is 6.06. The Morgan fingerprint density at radius 3 is 2.90 bits per heavy atom. The van der Waals surface area contributed by atoms with Crippen LogP contribution in [-0.2, 0) is 0 Å². The third-order valence-electron chi connectivity index (χ3n) is 4.12. The van der Waals surface area contributed by atoms with Gasteiger partial charge in [0, 0.05) is 42.8 Å². The van der Waals surface area contributed by atoms with Gasteiger partial charge < -0.3 is 14.8 Å². The minimum absolute atomic E-state index is 0.106. The number of carbonyl (C=O) groups is 1. The van der Waals surface area contributed by atoms with Crippen molar-refractivity contribution in [1.29, 1.82) is 0 Å². The van der Waals surface area contributed by atoms with Crippen LogP contribution in [0.3, 0.4) is 0 Å². The summed E-state index contributed by atoms with van der Waals surface area (Å²) >= 11 is 0. The summed E-state index contributed by atoms with van der Waals surface area (Å²) in [4.78, 5) is 20.0. The van der Waals surface area contributed by atoms with Gasteiger partial charge in [0.2, 0.25) is 0 Å². The third-order valence-corrected chi connectivity index (χ3v) is 4.12. The Hall–Kier alpha value is -1.81. The molecule has 0 saturated carbocycles. The molecule has 0 aliphatic carbocycles. The molecule has 1 amide bonds.